The molecule has 0 saturated heterocycles. The van der Waals surface area contributed by atoms with Crippen LogP contribution in [0.1, 0.15) is 36.7 Å². The SMILES string of the molecule is CCCCc1nc2cccc(C#N)c2n1Cc1cccc(-c2ccccc2)c1. The lowest BCUT2D eigenvalue weighted by atomic mass is 10.0. The number of imidazole rings is 1. The highest BCUT2D eigenvalue weighted by atomic mass is 15.1. The van der Waals surface area contributed by atoms with Crippen molar-refractivity contribution in [3.05, 3.63) is 89.7 Å². The Kier molecular flexibility index (Phi) is 5.21. The zero-order chi connectivity index (χ0) is 19.3. The molecule has 1 aromatic heterocycles. The second-order valence-electron chi connectivity index (χ2n) is 7.07. The molecule has 0 saturated carbocycles. The third-order valence-electron chi connectivity index (χ3n) is 5.09. The van der Waals surface area contributed by atoms with E-state index < -0.39 is 0 Å². The van der Waals surface area contributed by atoms with Crippen LogP contribution in [0.15, 0.2) is 72.8 Å². The van der Waals surface area contributed by atoms with Crippen molar-refractivity contribution < 1.29 is 0 Å². The summed E-state index contributed by atoms with van der Waals surface area (Å²) in [5.41, 5.74) is 6.17. The van der Waals surface area contributed by atoms with Gasteiger partial charge in [-0.1, -0.05) is 67.9 Å². The van der Waals surface area contributed by atoms with Gasteiger partial charge in [0, 0.05) is 13.0 Å². The number of hydrogen-bond donors (Lipinski definition) is 0. The topological polar surface area (TPSA) is 41.6 Å². The fourth-order valence-corrected chi connectivity index (χ4v) is 3.68. The Bertz CT molecular complexity index is 1130. The summed E-state index contributed by atoms with van der Waals surface area (Å²) in [5, 5.41) is 9.61. The van der Waals surface area contributed by atoms with Gasteiger partial charge in [-0.05, 0) is 41.3 Å². The van der Waals surface area contributed by atoms with E-state index in [2.05, 4.69) is 66.1 Å². The number of unbranched alkanes of at least 4 members (excludes halogenated alkanes) is 1. The summed E-state index contributed by atoms with van der Waals surface area (Å²) in [4.78, 5) is 4.85. The van der Waals surface area contributed by atoms with Gasteiger partial charge in [0.2, 0.25) is 0 Å². The fraction of sp³-hybridized carbons (Fsp3) is 0.200. The molecule has 3 heteroatoms. The van der Waals surface area contributed by atoms with Crippen LogP contribution >= 0.6 is 0 Å². The summed E-state index contributed by atoms with van der Waals surface area (Å²) in [7, 11) is 0. The Hall–Kier alpha value is -3.38. The van der Waals surface area contributed by atoms with Crippen LogP contribution in [0.4, 0.5) is 0 Å². The van der Waals surface area contributed by atoms with E-state index in [0.29, 0.717) is 5.56 Å². The van der Waals surface area contributed by atoms with Crippen LogP contribution in [-0.2, 0) is 13.0 Å². The Balaban J connectivity index is 1.78. The van der Waals surface area contributed by atoms with Gasteiger partial charge in [-0.25, -0.2) is 4.98 Å². The number of benzene rings is 3. The monoisotopic (exact) mass is 365 g/mol. The lowest BCUT2D eigenvalue weighted by Crippen LogP contribution is -2.06. The second kappa shape index (κ2) is 8.10. The number of hydrogen-bond acceptors (Lipinski definition) is 2. The number of aromatic nitrogens is 2. The third-order valence-corrected chi connectivity index (χ3v) is 5.09. The zero-order valence-corrected chi connectivity index (χ0v) is 16.1. The standard InChI is InChI=1S/C25H23N3/c1-2-3-15-24-27-23-14-8-13-22(17-26)25(23)28(24)18-19-9-7-12-21(16-19)20-10-5-4-6-11-20/h4-14,16H,2-3,15,18H2,1H3. The average Bonchev–Trinajstić information content (AvgIpc) is 3.10. The van der Waals surface area contributed by atoms with Crippen molar-refractivity contribution in [1.29, 1.82) is 5.26 Å². The number of aryl methyl sites for hydroxylation is 1. The molecule has 0 radical (unpaired) electrons. The molecule has 0 atom stereocenters. The van der Waals surface area contributed by atoms with Gasteiger partial charge in [0.1, 0.15) is 11.9 Å². The van der Waals surface area contributed by atoms with Crippen molar-refractivity contribution in [2.75, 3.05) is 0 Å². The molecule has 3 nitrogen and oxygen atoms in total. The molecule has 0 fully saturated rings. The van der Waals surface area contributed by atoms with Crippen LogP contribution in [0.25, 0.3) is 22.2 Å². The second-order valence-corrected chi connectivity index (χ2v) is 7.07. The van der Waals surface area contributed by atoms with Gasteiger partial charge in [-0.15, -0.1) is 0 Å². The van der Waals surface area contributed by atoms with Crippen LogP contribution < -0.4 is 0 Å². The highest BCUT2D eigenvalue weighted by Gasteiger charge is 2.14. The molecule has 4 aromatic rings. The predicted octanol–water partition coefficient (Wildman–Crippen LogP) is 5.97. The van der Waals surface area contributed by atoms with E-state index in [-0.39, 0.29) is 0 Å². The Morgan fingerprint density at radius 2 is 1.71 bits per heavy atom. The Morgan fingerprint density at radius 3 is 2.50 bits per heavy atom. The molecule has 0 aliphatic carbocycles. The minimum Gasteiger partial charge on any atom is -0.322 e. The van der Waals surface area contributed by atoms with Gasteiger partial charge in [0.15, 0.2) is 0 Å². The molecule has 0 unspecified atom stereocenters. The van der Waals surface area contributed by atoms with Gasteiger partial charge < -0.3 is 4.57 Å². The molecular weight excluding hydrogens is 342 g/mol. The quantitative estimate of drug-likeness (QED) is 0.423. The first kappa shape index (κ1) is 18.0. The maximum absolute atomic E-state index is 9.61. The number of nitrogens with zero attached hydrogens (tertiary/aromatic N) is 3. The molecular formula is C25H23N3. The predicted molar refractivity (Wildman–Crippen MR) is 114 cm³/mol. The summed E-state index contributed by atoms with van der Waals surface area (Å²) < 4.78 is 2.23. The van der Waals surface area contributed by atoms with Crippen LogP contribution in [0.3, 0.4) is 0 Å². The number of para-hydroxylation sites is 1. The number of rotatable bonds is 6. The summed E-state index contributed by atoms with van der Waals surface area (Å²) in [6.45, 7) is 2.91. The minimum absolute atomic E-state index is 0.687. The number of fused-ring (bicyclic) bond motifs is 1. The van der Waals surface area contributed by atoms with E-state index in [1.165, 1.54) is 16.7 Å². The van der Waals surface area contributed by atoms with Gasteiger partial charge in [-0.2, -0.15) is 5.26 Å². The van der Waals surface area contributed by atoms with E-state index in [1.54, 1.807) is 0 Å². The van der Waals surface area contributed by atoms with E-state index in [1.807, 2.05) is 24.3 Å². The zero-order valence-electron chi connectivity index (χ0n) is 16.1. The summed E-state index contributed by atoms with van der Waals surface area (Å²) in [5.74, 6) is 1.06. The Labute approximate surface area is 165 Å². The van der Waals surface area contributed by atoms with E-state index >= 15 is 0 Å². The fourth-order valence-electron chi connectivity index (χ4n) is 3.68. The normalized spacial score (nSPS) is 10.9. The van der Waals surface area contributed by atoms with Crippen LogP contribution in [0.2, 0.25) is 0 Å². The van der Waals surface area contributed by atoms with Crippen molar-refractivity contribution in [2.45, 2.75) is 32.7 Å². The van der Waals surface area contributed by atoms with Crippen molar-refractivity contribution in [3.63, 3.8) is 0 Å². The summed E-state index contributed by atoms with van der Waals surface area (Å²) in [6, 6.07) is 27.2. The lowest BCUT2D eigenvalue weighted by molar-refractivity contribution is 0.689. The van der Waals surface area contributed by atoms with Crippen LogP contribution in [0.5, 0.6) is 0 Å². The molecule has 0 amide bonds. The first-order valence-corrected chi connectivity index (χ1v) is 9.82. The molecule has 138 valence electrons. The minimum atomic E-state index is 0.687. The highest BCUT2D eigenvalue weighted by Crippen LogP contribution is 2.25. The van der Waals surface area contributed by atoms with Gasteiger partial charge in [0.25, 0.3) is 0 Å². The molecule has 0 aliphatic rings. The first-order chi connectivity index (χ1) is 13.8. The van der Waals surface area contributed by atoms with E-state index in [9.17, 15) is 5.26 Å². The average molecular weight is 365 g/mol. The van der Waals surface area contributed by atoms with Crippen molar-refractivity contribution in [2.24, 2.45) is 0 Å². The van der Waals surface area contributed by atoms with Crippen molar-refractivity contribution in [1.82, 2.24) is 9.55 Å². The Morgan fingerprint density at radius 1 is 0.929 bits per heavy atom. The maximum Gasteiger partial charge on any atom is 0.110 e. The van der Waals surface area contributed by atoms with Gasteiger partial charge in [-0.3, -0.25) is 0 Å². The van der Waals surface area contributed by atoms with Crippen molar-refractivity contribution >= 4 is 11.0 Å². The summed E-state index contributed by atoms with van der Waals surface area (Å²) >= 11 is 0. The molecule has 28 heavy (non-hydrogen) atoms. The molecule has 0 aliphatic heterocycles. The largest absolute Gasteiger partial charge is 0.322 e. The molecule has 3 aromatic carbocycles. The third kappa shape index (κ3) is 3.54. The summed E-state index contributed by atoms with van der Waals surface area (Å²) in [6.07, 6.45) is 3.14. The molecule has 0 bridgehead atoms. The van der Waals surface area contributed by atoms with E-state index in [4.69, 9.17) is 4.98 Å². The van der Waals surface area contributed by atoms with Crippen LogP contribution in [-0.4, -0.2) is 9.55 Å². The molecule has 1 heterocycles. The van der Waals surface area contributed by atoms with E-state index in [0.717, 1.165) is 42.7 Å². The van der Waals surface area contributed by atoms with Gasteiger partial charge >= 0.3 is 0 Å². The first-order valence-electron chi connectivity index (χ1n) is 9.82. The molecule has 0 N–H and O–H groups in total. The highest BCUT2D eigenvalue weighted by molar-refractivity contribution is 5.82. The maximum atomic E-state index is 9.61. The lowest BCUT2D eigenvalue weighted by Gasteiger charge is -2.11. The van der Waals surface area contributed by atoms with Crippen LogP contribution in [0, 0.1) is 11.3 Å². The number of nitriles is 1. The smallest absolute Gasteiger partial charge is 0.110 e. The molecule has 0 spiro atoms. The van der Waals surface area contributed by atoms with Crippen molar-refractivity contribution in [3.8, 4) is 17.2 Å². The molecule has 4 rings (SSSR count). The van der Waals surface area contributed by atoms with Gasteiger partial charge in [0.05, 0.1) is 16.6 Å².